The molecule has 3 heterocycles. The van der Waals surface area contributed by atoms with Crippen molar-refractivity contribution in [2.75, 3.05) is 0 Å². The Labute approximate surface area is 165 Å². The maximum Gasteiger partial charge on any atom is 0.238 e. The van der Waals surface area contributed by atoms with Gasteiger partial charge in [-0.2, -0.15) is 5.26 Å². The highest BCUT2D eigenvalue weighted by Gasteiger charge is 2.25. The number of rotatable bonds is 5. The zero-order valence-electron chi connectivity index (χ0n) is 14.5. The molecule has 0 atom stereocenters. The quantitative estimate of drug-likeness (QED) is 0.358. The number of hydrogen-bond acceptors (Lipinski definition) is 5. The van der Waals surface area contributed by atoms with E-state index < -0.39 is 0 Å². The molecule has 1 aromatic carbocycles. The first-order chi connectivity index (χ1) is 13.8. The Hall–Kier alpha value is -3.75. The molecule has 0 amide bonds. The Morgan fingerprint density at radius 3 is 2.32 bits per heavy atom. The Bertz CT molecular complexity index is 1160. The number of hydrogen-bond donors (Lipinski definition) is 0. The molecule has 0 aliphatic rings. The number of aliphatic imine (C=N–C) groups is 1. The third-order valence-corrected chi connectivity index (χ3v) is 4.13. The minimum absolute atomic E-state index is 0.125. The molecule has 6 heteroatoms. The number of nitriles is 1. The highest BCUT2D eigenvalue weighted by Crippen LogP contribution is 2.42. The summed E-state index contributed by atoms with van der Waals surface area (Å²) in [6.45, 7) is 0. The average Bonchev–Trinajstić information content (AvgIpc) is 3.46. The fourth-order valence-corrected chi connectivity index (χ4v) is 2.89. The van der Waals surface area contributed by atoms with Crippen molar-refractivity contribution in [2.24, 2.45) is 4.99 Å². The van der Waals surface area contributed by atoms with Gasteiger partial charge in [0.15, 0.2) is 11.5 Å². The van der Waals surface area contributed by atoms with Gasteiger partial charge in [0.2, 0.25) is 5.88 Å². The standard InChI is InChI=1S/C22H13ClN2O3/c23-16(12-15-6-2-1-3-7-15)14-25-22-17(13-24)20(18-8-4-10-26-18)21(28-22)19-9-5-11-27-19/h1-12,14H/b16-12+,25-14?. The summed E-state index contributed by atoms with van der Waals surface area (Å²) in [5.41, 5.74) is 1.66. The minimum Gasteiger partial charge on any atom is -0.464 e. The molecule has 4 rings (SSSR count). The predicted octanol–water partition coefficient (Wildman–Crippen LogP) is 6.65. The molecular formula is C22H13ClN2O3. The van der Waals surface area contributed by atoms with Gasteiger partial charge in [-0.1, -0.05) is 41.9 Å². The van der Waals surface area contributed by atoms with E-state index in [0.717, 1.165) is 5.56 Å². The highest BCUT2D eigenvalue weighted by molar-refractivity contribution is 6.41. The topological polar surface area (TPSA) is 75.6 Å². The molecule has 0 bridgehead atoms. The molecule has 0 spiro atoms. The van der Waals surface area contributed by atoms with E-state index in [1.54, 1.807) is 30.3 Å². The number of nitrogens with zero attached hydrogens (tertiary/aromatic N) is 2. The van der Waals surface area contributed by atoms with Gasteiger partial charge >= 0.3 is 0 Å². The molecule has 0 aliphatic heterocycles. The zero-order chi connectivity index (χ0) is 19.3. The van der Waals surface area contributed by atoms with Gasteiger partial charge in [-0.05, 0) is 35.9 Å². The molecular weight excluding hydrogens is 376 g/mol. The molecule has 0 fully saturated rings. The van der Waals surface area contributed by atoms with Crippen LogP contribution in [0.3, 0.4) is 0 Å². The van der Waals surface area contributed by atoms with Crippen molar-refractivity contribution in [2.45, 2.75) is 0 Å². The lowest BCUT2D eigenvalue weighted by molar-refractivity contribution is 0.527. The Morgan fingerprint density at radius 1 is 0.964 bits per heavy atom. The lowest BCUT2D eigenvalue weighted by Gasteiger charge is -1.96. The summed E-state index contributed by atoms with van der Waals surface area (Å²) in [6.07, 6.45) is 6.25. The van der Waals surface area contributed by atoms with E-state index in [0.29, 0.717) is 27.9 Å². The van der Waals surface area contributed by atoms with Gasteiger partial charge in [-0.15, -0.1) is 0 Å². The Morgan fingerprint density at radius 2 is 1.68 bits per heavy atom. The summed E-state index contributed by atoms with van der Waals surface area (Å²) >= 11 is 6.26. The average molecular weight is 389 g/mol. The summed E-state index contributed by atoms with van der Waals surface area (Å²) in [7, 11) is 0. The number of halogens is 1. The van der Waals surface area contributed by atoms with Crippen LogP contribution in [0.1, 0.15) is 11.1 Å². The van der Waals surface area contributed by atoms with Gasteiger partial charge < -0.3 is 13.3 Å². The number of furan rings is 3. The summed E-state index contributed by atoms with van der Waals surface area (Å²) < 4.78 is 16.8. The van der Waals surface area contributed by atoms with Gasteiger partial charge in [0.25, 0.3) is 0 Å². The SMILES string of the molecule is N#Cc1c(N=C/C(Cl)=C\c2ccccc2)oc(-c2ccco2)c1-c1ccco1. The monoisotopic (exact) mass is 388 g/mol. The Balaban J connectivity index is 1.77. The van der Waals surface area contributed by atoms with E-state index in [1.165, 1.54) is 18.7 Å². The lowest BCUT2D eigenvalue weighted by atomic mass is 10.1. The van der Waals surface area contributed by atoms with Gasteiger partial charge in [0.05, 0.1) is 23.1 Å². The van der Waals surface area contributed by atoms with E-state index in [4.69, 9.17) is 24.9 Å². The van der Waals surface area contributed by atoms with E-state index in [9.17, 15) is 5.26 Å². The summed E-state index contributed by atoms with van der Waals surface area (Å²) in [4.78, 5) is 4.28. The molecule has 0 aliphatic carbocycles. The fraction of sp³-hybridized carbons (Fsp3) is 0. The third kappa shape index (κ3) is 3.54. The lowest BCUT2D eigenvalue weighted by Crippen LogP contribution is -1.80. The van der Waals surface area contributed by atoms with Gasteiger partial charge in [0.1, 0.15) is 17.4 Å². The van der Waals surface area contributed by atoms with Crippen LogP contribution in [0, 0.1) is 11.3 Å². The van der Waals surface area contributed by atoms with Crippen molar-refractivity contribution < 1.29 is 13.3 Å². The summed E-state index contributed by atoms with van der Waals surface area (Å²) in [5, 5.41) is 10.1. The molecule has 0 saturated carbocycles. The van der Waals surface area contributed by atoms with E-state index in [2.05, 4.69) is 11.1 Å². The number of allylic oxidation sites excluding steroid dienone is 1. The second-order valence-electron chi connectivity index (χ2n) is 5.75. The van der Waals surface area contributed by atoms with Crippen LogP contribution in [0.15, 0.2) is 90.4 Å². The largest absolute Gasteiger partial charge is 0.464 e. The summed E-state index contributed by atoms with van der Waals surface area (Å²) in [5.74, 6) is 1.45. The first-order valence-electron chi connectivity index (χ1n) is 8.37. The van der Waals surface area contributed by atoms with Crippen LogP contribution in [0.5, 0.6) is 0 Å². The normalized spacial score (nSPS) is 11.8. The maximum atomic E-state index is 9.71. The van der Waals surface area contributed by atoms with Crippen molar-refractivity contribution in [3.63, 3.8) is 0 Å². The molecule has 28 heavy (non-hydrogen) atoms. The van der Waals surface area contributed by atoms with Crippen LogP contribution in [-0.2, 0) is 0 Å². The van der Waals surface area contributed by atoms with Crippen LogP contribution in [0.25, 0.3) is 28.9 Å². The smallest absolute Gasteiger partial charge is 0.238 e. The molecule has 136 valence electrons. The minimum atomic E-state index is 0.125. The summed E-state index contributed by atoms with van der Waals surface area (Å²) in [6, 6.07) is 18.7. The number of benzene rings is 1. The second-order valence-corrected chi connectivity index (χ2v) is 6.19. The zero-order valence-corrected chi connectivity index (χ0v) is 15.3. The van der Waals surface area contributed by atoms with Crippen molar-refractivity contribution in [1.29, 1.82) is 5.26 Å². The molecule has 3 aromatic heterocycles. The molecule has 5 nitrogen and oxygen atoms in total. The predicted molar refractivity (Wildman–Crippen MR) is 107 cm³/mol. The van der Waals surface area contributed by atoms with Gasteiger partial charge in [-0.25, -0.2) is 4.99 Å². The maximum absolute atomic E-state index is 9.71. The molecule has 0 unspecified atom stereocenters. The highest BCUT2D eigenvalue weighted by atomic mass is 35.5. The first kappa shape index (κ1) is 17.7. The van der Waals surface area contributed by atoms with Crippen molar-refractivity contribution in [1.82, 2.24) is 0 Å². The molecule has 0 N–H and O–H groups in total. The third-order valence-electron chi connectivity index (χ3n) is 3.92. The van der Waals surface area contributed by atoms with Gasteiger partial charge in [-0.3, -0.25) is 0 Å². The second kappa shape index (κ2) is 7.87. The van der Waals surface area contributed by atoms with E-state index in [-0.39, 0.29) is 11.4 Å². The van der Waals surface area contributed by atoms with E-state index in [1.807, 2.05) is 30.3 Å². The molecule has 0 saturated heterocycles. The van der Waals surface area contributed by atoms with Crippen molar-refractivity contribution in [3.8, 4) is 28.9 Å². The van der Waals surface area contributed by atoms with Crippen LogP contribution in [-0.4, -0.2) is 6.21 Å². The Kier molecular flexibility index (Phi) is 4.96. The van der Waals surface area contributed by atoms with Crippen LogP contribution in [0.4, 0.5) is 5.88 Å². The molecule has 0 radical (unpaired) electrons. The fourth-order valence-electron chi connectivity index (χ4n) is 2.72. The molecule has 4 aromatic rings. The first-order valence-corrected chi connectivity index (χ1v) is 8.75. The van der Waals surface area contributed by atoms with E-state index >= 15 is 0 Å². The van der Waals surface area contributed by atoms with Crippen molar-refractivity contribution in [3.05, 3.63) is 83.3 Å². The van der Waals surface area contributed by atoms with Gasteiger partial charge in [0, 0.05) is 6.21 Å². The van der Waals surface area contributed by atoms with Crippen LogP contribution in [0.2, 0.25) is 0 Å². The van der Waals surface area contributed by atoms with Crippen LogP contribution >= 0.6 is 11.6 Å². The van der Waals surface area contributed by atoms with Crippen LogP contribution < -0.4 is 0 Å². The van der Waals surface area contributed by atoms with Crippen molar-refractivity contribution >= 4 is 29.8 Å².